The van der Waals surface area contributed by atoms with E-state index in [1.54, 1.807) is 18.4 Å². The van der Waals surface area contributed by atoms with Crippen LogP contribution in [0.1, 0.15) is 67.3 Å². The molecular weight excluding hydrogens is 424 g/mol. The molecule has 170 valence electrons. The highest BCUT2D eigenvalue weighted by molar-refractivity contribution is 7.10. The van der Waals surface area contributed by atoms with E-state index in [-0.39, 0.29) is 6.04 Å². The molecule has 1 unspecified atom stereocenters. The molecule has 0 spiro atoms. The summed E-state index contributed by atoms with van der Waals surface area (Å²) in [5.41, 5.74) is 7.21. The summed E-state index contributed by atoms with van der Waals surface area (Å²) in [4.78, 5) is 5.07. The van der Waals surface area contributed by atoms with Gasteiger partial charge in [-0.05, 0) is 52.8 Å². The Balaban J connectivity index is 1.77. The molecule has 4 aromatic rings. The van der Waals surface area contributed by atoms with Crippen LogP contribution in [0.25, 0.3) is 11.3 Å². The highest BCUT2D eigenvalue weighted by Crippen LogP contribution is 2.38. The summed E-state index contributed by atoms with van der Waals surface area (Å²) in [6.07, 6.45) is 0. The minimum absolute atomic E-state index is 0.0272. The highest BCUT2D eigenvalue weighted by Gasteiger charge is 2.22. The summed E-state index contributed by atoms with van der Waals surface area (Å²) in [6.45, 7) is 9.03. The lowest BCUT2D eigenvalue weighted by Crippen LogP contribution is -2.16. The van der Waals surface area contributed by atoms with E-state index in [1.165, 1.54) is 22.4 Å². The number of nitrogens with one attached hydrogen (secondary N) is 1. The van der Waals surface area contributed by atoms with E-state index in [0.717, 1.165) is 22.0 Å². The number of methoxy groups -OCH3 is 1. The summed E-state index contributed by atoms with van der Waals surface area (Å²) in [5, 5.41) is 7.12. The number of benzene rings is 3. The molecule has 3 aromatic carbocycles. The van der Waals surface area contributed by atoms with Crippen LogP contribution in [0.3, 0.4) is 0 Å². The van der Waals surface area contributed by atoms with Gasteiger partial charge in [0.1, 0.15) is 16.8 Å². The molecule has 1 aromatic heterocycles. The van der Waals surface area contributed by atoms with E-state index >= 15 is 0 Å². The average molecular weight is 457 g/mol. The van der Waals surface area contributed by atoms with E-state index in [9.17, 15) is 0 Å². The molecule has 0 saturated heterocycles. The van der Waals surface area contributed by atoms with Gasteiger partial charge in [0.2, 0.25) is 0 Å². The zero-order valence-electron chi connectivity index (χ0n) is 20.0. The van der Waals surface area contributed by atoms with Gasteiger partial charge in [-0.3, -0.25) is 0 Å². The Morgan fingerprint density at radius 1 is 0.788 bits per heavy atom. The molecule has 0 aliphatic rings. The van der Waals surface area contributed by atoms with E-state index < -0.39 is 0 Å². The lowest BCUT2D eigenvalue weighted by atomic mass is 9.92. The van der Waals surface area contributed by atoms with Gasteiger partial charge in [-0.25, -0.2) is 4.98 Å². The number of aromatic nitrogens is 1. The number of hydrogen-bond donors (Lipinski definition) is 1. The Kier molecular flexibility index (Phi) is 7.14. The summed E-state index contributed by atoms with van der Waals surface area (Å²) < 4.78 is 5.31. The maximum Gasteiger partial charge on any atom is 0.120 e. The van der Waals surface area contributed by atoms with Gasteiger partial charge in [-0.2, -0.15) is 0 Å². The van der Waals surface area contributed by atoms with Gasteiger partial charge >= 0.3 is 0 Å². The monoisotopic (exact) mass is 456 g/mol. The van der Waals surface area contributed by atoms with Gasteiger partial charge < -0.3 is 10.1 Å². The number of thiazole rings is 1. The molecule has 0 aliphatic carbocycles. The first kappa shape index (κ1) is 23.1. The van der Waals surface area contributed by atoms with Crippen LogP contribution in [0.2, 0.25) is 0 Å². The lowest BCUT2D eigenvalue weighted by Gasteiger charge is -2.26. The first-order chi connectivity index (χ1) is 16.0. The second-order valence-corrected chi connectivity index (χ2v) is 9.80. The highest BCUT2D eigenvalue weighted by atomic mass is 32.1. The van der Waals surface area contributed by atoms with E-state index in [4.69, 9.17) is 9.72 Å². The first-order valence-corrected chi connectivity index (χ1v) is 12.4. The first-order valence-electron chi connectivity index (χ1n) is 11.5. The van der Waals surface area contributed by atoms with Crippen LogP contribution in [0.5, 0.6) is 5.75 Å². The number of ether oxygens (including phenoxy) is 1. The van der Waals surface area contributed by atoms with Crippen LogP contribution in [-0.2, 0) is 0 Å². The maximum atomic E-state index is 5.31. The van der Waals surface area contributed by atoms with Crippen molar-refractivity contribution < 1.29 is 4.74 Å². The van der Waals surface area contributed by atoms with Crippen LogP contribution in [0.15, 0.2) is 78.2 Å². The van der Waals surface area contributed by atoms with Gasteiger partial charge in [0.25, 0.3) is 0 Å². The maximum absolute atomic E-state index is 5.31. The molecular formula is C29H32N2OS. The Bertz CT molecular complexity index is 1150. The fraction of sp³-hybridized carbons (Fsp3) is 0.276. The third-order valence-corrected chi connectivity index (χ3v) is 6.86. The van der Waals surface area contributed by atoms with Gasteiger partial charge in [0, 0.05) is 16.6 Å². The van der Waals surface area contributed by atoms with Crippen LogP contribution in [0.4, 0.5) is 5.69 Å². The van der Waals surface area contributed by atoms with Crippen molar-refractivity contribution in [2.45, 2.75) is 45.6 Å². The van der Waals surface area contributed by atoms with Crippen molar-refractivity contribution >= 4 is 17.0 Å². The standard InChI is InChI=1S/C29H32N2OS/c1-19(2)24-12-9-13-25(20(3)4)28(24)31-27(22-10-7-6-8-11-22)29-30-26(18-33-29)21-14-16-23(32-5)17-15-21/h6-20,27,31H,1-5H3. The molecule has 0 fully saturated rings. The number of para-hydroxylation sites is 1. The molecule has 33 heavy (non-hydrogen) atoms. The fourth-order valence-corrected chi connectivity index (χ4v) is 5.01. The third-order valence-electron chi connectivity index (χ3n) is 5.95. The zero-order valence-corrected chi connectivity index (χ0v) is 20.8. The van der Waals surface area contributed by atoms with Crippen LogP contribution < -0.4 is 10.1 Å². The summed E-state index contributed by atoms with van der Waals surface area (Å²) in [5.74, 6) is 1.70. The number of hydrogen-bond acceptors (Lipinski definition) is 4. The number of anilines is 1. The SMILES string of the molecule is COc1ccc(-c2csc(C(Nc3c(C(C)C)cccc3C(C)C)c3ccccc3)n2)cc1. The third kappa shape index (κ3) is 5.12. The van der Waals surface area contributed by atoms with Crippen LogP contribution >= 0.6 is 11.3 Å². The normalized spacial score (nSPS) is 12.2. The Hall–Kier alpha value is -3.11. The topological polar surface area (TPSA) is 34.1 Å². The van der Waals surface area contributed by atoms with Gasteiger partial charge in [0.15, 0.2) is 0 Å². The predicted molar refractivity (Wildman–Crippen MR) is 141 cm³/mol. The molecule has 1 heterocycles. The van der Waals surface area contributed by atoms with Gasteiger partial charge in [0.05, 0.1) is 12.8 Å². The van der Waals surface area contributed by atoms with Crippen molar-refractivity contribution in [3.63, 3.8) is 0 Å². The molecule has 1 atom stereocenters. The van der Waals surface area contributed by atoms with E-state index in [1.807, 2.05) is 12.1 Å². The second-order valence-electron chi connectivity index (χ2n) is 8.91. The zero-order chi connectivity index (χ0) is 23.4. The van der Waals surface area contributed by atoms with Crippen molar-refractivity contribution in [1.29, 1.82) is 0 Å². The van der Waals surface area contributed by atoms with Gasteiger partial charge in [-0.1, -0.05) is 76.2 Å². The summed E-state index contributed by atoms with van der Waals surface area (Å²) in [6, 6.07) is 25.3. The lowest BCUT2D eigenvalue weighted by molar-refractivity contribution is 0.415. The minimum Gasteiger partial charge on any atom is -0.497 e. The Labute approximate surface area is 201 Å². The van der Waals surface area contributed by atoms with Crippen LogP contribution in [0, 0.1) is 0 Å². The van der Waals surface area contributed by atoms with Crippen molar-refractivity contribution in [3.05, 3.63) is 99.9 Å². The van der Waals surface area contributed by atoms with Crippen molar-refractivity contribution in [2.75, 3.05) is 12.4 Å². The van der Waals surface area contributed by atoms with E-state index in [2.05, 4.69) is 99.1 Å². The van der Waals surface area contributed by atoms with E-state index in [0.29, 0.717) is 11.8 Å². The van der Waals surface area contributed by atoms with Crippen molar-refractivity contribution in [3.8, 4) is 17.0 Å². The molecule has 0 bridgehead atoms. The Morgan fingerprint density at radius 3 is 2.00 bits per heavy atom. The fourth-order valence-electron chi connectivity index (χ4n) is 4.11. The largest absolute Gasteiger partial charge is 0.497 e. The summed E-state index contributed by atoms with van der Waals surface area (Å²) in [7, 11) is 1.69. The van der Waals surface area contributed by atoms with Gasteiger partial charge in [-0.15, -0.1) is 11.3 Å². The minimum atomic E-state index is -0.0272. The molecule has 4 heteroatoms. The number of rotatable bonds is 8. The van der Waals surface area contributed by atoms with Crippen molar-refractivity contribution in [2.24, 2.45) is 0 Å². The summed E-state index contributed by atoms with van der Waals surface area (Å²) >= 11 is 1.70. The predicted octanol–water partition coefficient (Wildman–Crippen LogP) is 8.27. The molecule has 0 amide bonds. The molecule has 3 nitrogen and oxygen atoms in total. The molecule has 0 radical (unpaired) electrons. The second kappa shape index (κ2) is 10.2. The molecule has 0 aliphatic heterocycles. The molecule has 0 saturated carbocycles. The molecule has 4 rings (SSSR count). The average Bonchev–Trinajstić information content (AvgIpc) is 3.32. The number of nitrogens with zero attached hydrogens (tertiary/aromatic N) is 1. The smallest absolute Gasteiger partial charge is 0.120 e. The Morgan fingerprint density at radius 2 is 1.42 bits per heavy atom. The van der Waals surface area contributed by atoms with Crippen LogP contribution in [-0.4, -0.2) is 12.1 Å². The molecule has 1 N–H and O–H groups in total. The van der Waals surface area contributed by atoms with Crippen molar-refractivity contribution in [1.82, 2.24) is 4.98 Å². The quantitative estimate of drug-likeness (QED) is 0.290.